The molecule has 2 aromatic heterocycles. The maximum absolute atomic E-state index is 4.17. The van der Waals surface area contributed by atoms with Crippen LogP contribution in [0.3, 0.4) is 0 Å². The molecule has 0 aromatic carbocycles. The van der Waals surface area contributed by atoms with Crippen LogP contribution in [0, 0.1) is 0 Å². The number of pyridine rings is 1. The number of nitrogens with zero attached hydrogens (tertiary/aromatic N) is 3. The molecular weight excluding hydrogens is 184 g/mol. The smallest absolute Gasteiger partial charge is 0.194 e. The molecule has 0 aliphatic heterocycles. The van der Waals surface area contributed by atoms with Gasteiger partial charge in [0.15, 0.2) is 5.65 Å². The minimum Gasteiger partial charge on any atom is -0.382 e. The van der Waals surface area contributed by atoms with Crippen LogP contribution in [0.4, 0.5) is 5.69 Å². The number of rotatable bonds is 2. The molecule has 5 heteroatoms. The van der Waals surface area contributed by atoms with Gasteiger partial charge in [0.2, 0.25) is 0 Å². The molecule has 0 spiro atoms. The summed E-state index contributed by atoms with van der Waals surface area (Å²) < 4.78 is 4.84. The average molecular weight is 194 g/mol. The van der Waals surface area contributed by atoms with Gasteiger partial charge >= 0.3 is 0 Å². The van der Waals surface area contributed by atoms with Gasteiger partial charge in [0, 0.05) is 6.04 Å². The van der Waals surface area contributed by atoms with E-state index < -0.39 is 0 Å². The van der Waals surface area contributed by atoms with E-state index in [1.54, 1.807) is 6.20 Å². The summed E-state index contributed by atoms with van der Waals surface area (Å²) in [4.78, 5) is 4.17. The van der Waals surface area contributed by atoms with Gasteiger partial charge in [-0.3, -0.25) is 0 Å². The van der Waals surface area contributed by atoms with E-state index >= 15 is 0 Å². The Morgan fingerprint density at radius 1 is 1.46 bits per heavy atom. The quantitative estimate of drug-likeness (QED) is 0.793. The summed E-state index contributed by atoms with van der Waals surface area (Å²) in [5, 5.41) is 7.14. The molecule has 0 aliphatic carbocycles. The first kappa shape index (κ1) is 8.37. The number of aromatic nitrogens is 3. The summed E-state index contributed by atoms with van der Waals surface area (Å²) in [5.74, 6) is 0. The SMILES string of the molecule is CC(C)Nc1cnc2nnsc2c1. The molecule has 2 rings (SSSR count). The molecule has 0 radical (unpaired) electrons. The lowest BCUT2D eigenvalue weighted by Crippen LogP contribution is -2.09. The third kappa shape index (κ3) is 1.75. The molecule has 0 bridgehead atoms. The lowest BCUT2D eigenvalue weighted by atomic mass is 10.3. The van der Waals surface area contributed by atoms with E-state index in [1.165, 1.54) is 11.5 Å². The predicted molar refractivity (Wildman–Crippen MR) is 54.0 cm³/mol. The summed E-state index contributed by atoms with van der Waals surface area (Å²) >= 11 is 1.36. The van der Waals surface area contributed by atoms with E-state index in [0.717, 1.165) is 16.0 Å². The standard InChI is InChI=1S/C8H10N4S/c1-5(2)10-6-3-7-8(9-4-6)11-12-13-7/h3-5,10H,1-2H3. The number of fused-ring (bicyclic) bond motifs is 1. The lowest BCUT2D eigenvalue weighted by molar-refractivity contribution is 0.898. The fraction of sp³-hybridized carbons (Fsp3) is 0.375. The maximum Gasteiger partial charge on any atom is 0.194 e. The van der Waals surface area contributed by atoms with Crippen LogP contribution in [0.15, 0.2) is 12.3 Å². The molecule has 68 valence electrons. The first-order valence-electron chi connectivity index (χ1n) is 4.10. The minimum absolute atomic E-state index is 0.417. The lowest BCUT2D eigenvalue weighted by Gasteiger charge is -2.08. The summed E-state index contributed by atoms with van der Waals surface area (Å²) in [6.45, 7) is 4.18. The van der Waals surface area contributed by atoms with Crippen LogP contribution in [0.25, 0.3) is 10.3 Å². The van der Waals surface area contributed by atoms with Crippen molar-refractivity contribution < 1.29 is 0 Å². The van der Waals surface area contributed by atoms with Gasteiger partial charge in [-0.1, -0.05) is 4.49 Å². The molecule has 0 atom stereocenters. The monoisotopic (exact) mass is 194 g/mol. The normalized spacial score (nSPS) is 11.0. The third-order valence-electron chi connectivity index (χ3n) is 1.56. The van der Waals surface area contributed by atoms with Crippen molar-refractivity contribution in [2.24, 2.45) is 0 Å². The highest BCUT2D eigenvalue weighted by Gasteiger charge is 2.01. The first-order chi connectivity index (χ1) is 6.25. The number of nitrogens with one attached hydrogen (secondary N) is 1. The van der Waals surface area contributed by atoms with Crippen molar-refractivity contribution >= 4 is 27.6 Å². The molecule has 0 aliphatic rings. The Hall–Kier alpha value is -1.23. The fourth-order valence-corrected chi connectivity index (χ4v) is 1.66. The highest BCUT2D eigenvalue weighted by molar-refractivity contribution is 7.12. The van der Waals surface area contributed by atoms with Crippen molar-refractivity contribution in [3.8, 4) is 0 Å². The van der Waals surface area contributed by atoms with E-state index in [2.05, 4.69) is 33.7 Å². The average Bonchev–Trinajstić information content (AvgIpc) is 2.49. The molecule has 1 N–H and O–H groups in total. The van der Waals surface area contributed by atoms with Gasteiger partial charge in [-0.05, 0) is 31.4 Å². The summed E-state index contributed by atoms with van der Waals surface area (Å²) in [6.07, 6.45) is 1.78. The van der Waals surface area contributed by atoms with Gasteiger partial charge in [-0.25, -0.2) is 4.98 Å². The van der Waals surface area contributed by atoms with E-state index in [-0.39, 0.29) is 0 Å². The summed E-state index contributed by atoms with van der Waals surface area (Å²) in [5.41, 5.74) is 1.74. The van der Waals surface area contributed by atoms with Crippen LogP contribution in [-0.2, 0) is 0 Å². The molecule has 0 amide bonds. The van der Waals surface area contributed by atoms with Crippen molar-refractivity contribution in [2.75, 3.05) is 5.32 Å². The molecule has 0 saturated carbocycles. The Bertz CT molecular complexity index is 409. The van der Waals surface area contributed by atoms with Crippen LogP contribution < -0.4 is 5.32 Å². The van der Waals surface area contributed by atoms with Crippen LogP contribution >= 0.6 is 11.5 Å². The van der Waals surface area contributed by atoms with Crippen molar-refractivity contribution in [3.63, 3.8) is 0 Å². The Labute approximate surface area is 80.2 Å². The fourth-order valence-electron chi connectivity index (χ4n) is 1.09. The van der Waals surface area contributed by atoms with Crippen molar-refractivity contribution in [3.05, 3.63) is 12.3 Å². The van der Waals surface area contributed by atoms with E-state index in [4.69, 9.17) is 0 Å². The zero-order valence-electron chi connectivity index (χ0n) is 7.48. The van der Waals surface area contributed by atoms with Crippen molar-refractivity contribution in [1.82, 2.24) is 14.6 Å². The van der Waals surface area contributed by atoms with Crippen molar-refractivity contribution in [2.45, 2.75) is 19.9 Å². The Kier molecular flexibility index (Phi) is 2.10. The molecule has 4 nitrogen and oxygen atoms in total. The van der Waals surface area contributed by atoms with Gasteiger partial charge in [0.25, 0.3) is 0 Å². The molecule has 0 saturated heterocycles. The molecule has 0 fully saturated rings. The largest absolute Gasteiger partial charge is 0.382 e. The highest BCUT2D eigenvalue weighted by Crippen LogP contribution is 2.17. The molecule has 2 heterocycles. The van der Waals surface area contributed by atoms with Crippen LogP contribution in [0.1, 0.15) is 13.8 Å². The summed E-state index contributed by atoms with van der Waals surface area (Å²) in [6, 6.07) is 2.44. The molecular formula is C8H10N4S. The highest BCUT2D eigenvalue weighted by atomic mass is 32.1. The Morgan fingerprint density at radius 2 is 2.31 bits per heavy atom. The molecule has 0 unspecified atom stereocenters. The van der Waals surface area contributed by atoms with E-state index in [9.17, 15) is 0 Å². The van der Waals surface area contributed by atoms with Crippen LogP contribution in [0.5, 0.6) is 0 Å². The summed E-state index contributed by atoms with van der Waals surface area (Å²) in [7, 11) is 0. The zero-order valence-corrected chi connectivity index (χ0v) is 8.30. The van der Waals surface area contributed by atoms with Crippen LogP contribution in [0.2, 0.25) is 0 Å². The second-order valence-electron chi connectivity index (χ2n) is 3.12. The van der Waals surface area contributed by atoms with E-state index in [0.29, 0.717) is 6.04 Å². The van der Waals surface area contributed by atoms with Crippen LogP contribution in [-0.4, -0.2) is 20.6 Å². The third-order valence-corrected chi connectivity index (χ3v) is 2.22. The second-order valence-corrected chi connectivity index (χ2v) is 3.90. The Morgan fingerprint density at radius 3 is 3.08 bits per heavy atom. The zero-order chi connectivity index (χ0) is 9.26. The van der Waals surface area contributed by atoms with Gasteiger partial charge in [-0.15, -0.1) is 5.10 Å². The Balaban J connectivity index is 2.37. The number of hydrogen-bond acceptors (Lipinski definition) is 5. The second kappa shape index (κ2) is 3.26. The van der Waals surface area contributed by atoms with E-state index in [1.807, 2.05) is 6.07 Å². The maximum atomic E-state index is 4.17. The van der Waals surface area contributed by atoms with Gasteiger partial charge in [0.05, 0.1) is 16.6 Å². The number of anilines is 1. The first-order valence-corrected chi connectivity index (χ1v) is 4.87. The topological polar surface area (TPSA) is 50.7 Å². The predicted octanol–water partition coefficient (Wildman–Crippen LogP) is 1.91. The van der Waals surface area contributed by atoms with Gasteiger partial charge < -0.3 is 5.32 Å². The minimum atomic E-state index is 0.417. The molecule has 13 heavy (non-hydrogen) atoms. The molecule has 2 aromatic rings. The van der Waals surface area contributed by atoms with Gasteiger partial charge in [-0.2, -0.15) is 0 Å². The van der Waals surface area contributed by atoms with Gasteiger partial charge in [0.1, 0.15) is 0 Å². The number of hydrogen-bond donors (Lipinski definition) is 1. The van der Waals surface area contributed by atoms with Crippen molar-refractivity contribution in [1.29, 1.82) is 0 Å².